The lowest BCUT2D eigenvalue weighted by Crippen LogP contribution is -2.24. The topological polar surface area (TPSA) is 98.4 Å². The lowest BCUT2D eigenvalue weighted by Gasteiger charge is -2.16. The quantitative estimate of drug-likeness (QED) is 0.850. The minimum absolute atomic E-state index is 0.0312. The smallest absolute Gasteiger partial charge is 0.417 e. The molecule has 3 heterocycles. The predicted octanol–water partition coefficient (Wildman–Crippen LogP) is 1.86. The van der Waals surface area contributed by atoms with Crippen molar-refractivity contribution in [2.45, 2.75) is 22.9 Å². The zero-order valence-corrected chi connectivity index (χ0v) is 14.2. The monoisotopic (exact) mass is 394 g/mol. The third-order valence-electron chi connectivity index (χ3n) is 3.52. The fourth-order valence-electron chi connectivity index (χ4n) is 2.31. The van der Waals surface area contributed by atoms with Crippen LogP contribution in [0.3, 0.4) is 0 Å². The molecule has 1 atom stereocenters. The molecule has 0 spiro atoms. The molecular weight excluding hydrogens is 381 g/mol. The van der Waals surface area contributed by atoms with Gasteiger partial charge < -0.3 is 9.64 Å². The van der Waals surface area contributed by atoms with Crippen molar-refractivity contribution < 1.29 is 26.3 Å². The molecule has 136 valence electrons. The largest absolute Gasteiger partial charge is 0.472 e. The zero-order chi connectivity index (χ0) is 18.2. The molecule has 2 aromatic rings. The molecule has 7 nitrogen and oxygen atoms in total. The van der Waals surface area contributed by atoms with Gasteiger partial charge in [0.05, 0.1) is 18.3 Å². The van der Waals surface area contributed by atoms with Crippen LogP contribution >= 0.6 is 11.3 Å². The number of thiazole rings is 1. The first-order valence-electron chi connectivity index (χ1n) is 7.06. The van der Waals surface area contributed by atoms with Crippen molar-refractivity contribution in [3.8, 4) is 5.88 Å². The number of hydrogen-bond donors (Lipinski definition) is 1. The van der Waals surface area contributed by atoms with Gasteiger partial charge in [-0.1, -0.05) is 11.3 Å². The summed E-state index contributed by atoms with van der Waals surface area (Å²) in [5.41, 5.74) is -0.841. The van der Waals surface area contributed by atoms with Gasteiger partial charge in [-0.3, -0.25) is 0 Å². The maximum atomic E-state index is 12.5. The Kier molecular flexibility index (Phi) is 4.60. The Balaban J connectivity index is 1.62. The van der Waals surface area contributed by atoms with Crippen molar-refractivity contribution in [1.29, 1.82) is 0 Å². The molecule has 3 rings (SSSR count). The average molecular weight is 394 g/mol. The molecule has 1 aliphatic heterocycles. The first-order chi connectivity index (χ1) is 11.6. The number of sulfonamides is 1. The number of anilines is 1. The second kappa shape index (κ2) is 6.42. The van der Waals surface area contributed by atoms with Gasteiger partial charge in [0.15, 0.2) is 9.34 Å². The van der Waals surface area contributed by atoms with Crippen molar-refractivity contribution in [2.75, 3.05) is 18.0 Å². The van der Waals surface area contributed by atoms with Gasteiger partial charge in [0, 0.05) is 25.2 Å². The predicted molar refractivity (Wildman–Crippen MR) is 84.0 cm³/mol. The molecule has 1 unspecified atom stereocenters. The number of primary sulfonamides is 1. The van der Waals surface area contributed by atoms with E-state index in [4.69, 9.17) is 9.88 Å². The van der Waals surface area contributed by atoms with Gasteiger partial charge in [-0.2, -0.15) is 13.2 Å². The number of nitrogens with two attached hydrogens (primary N) is 1. The van der Waals surface area contributed by atoms with E-state index in [2.05, 4.69) is 9.97 Å². The van der Waals surface area contributed by atoms with Crippen LogP contribution in [-0.4, -0.2) is 37.6 Å². The zero-order valence-electron chi connectivity index (χ0n) is 12.6. The Morgan fingerprint density at radius 3 is 2.60 bits per heavy atom. The number of alkyl halides is 3. The fourth-order valence-corrected chi connectivity index (χ4v) is 3.89. The normalized spacial score (nSPS) is 18.6. The van der Waals surface area contributed by atoms with Crippen LogP contribution in [0.25, 0.3) is 0 Å². The molecule has 0 bridgehead atoms. The summed E-state index contributed by atoms with van der Waals surface area (Å²) in [7, 11) is -3.79. The number of ether oxygens (including phenoxy) is 1. The van der Waals surface area contributed by atoms with Crippen LogP contribution in [0.15, 0.2) is 28.7 Å². The molecule has 0 amide bonds. The Bertz CT molecular complexity index is 852. The van der Waals surface area contributed by atoms with Crippen molar-refractivity contribution >= 4 is 26.5 Å². The molecule has 0 aliphatic carbocycles. The van der Waals surface area contributed by atoms with Gasteiger partial charge >= 0.3 is 6.18 Å². The van der Waals surface area contributed by atoms with E-state index < -0.39 is 21.8 Å². The van der Waals surface area contributed by atoms with Crippen LogP contribution in [0.1, 0.15) is 12.0 Å². The number of rotatable bonds is 4. The van der Waals surface area contributed by atoms with Crippen molar-refractivity contribution in [1.82, 2.24) is 9.97 Å². The van der Waals surface area contributed by atoms with E-state index in [1.54, 1.807) is 0 Å². The van der Waals surface area contributed by atoms with E-state index in [1.165, 1.54) is 12.3 Å². The van der Waals surface area contributed by atoms with Crippen LogP contribution in [0.2, 0.25) is 0 Å². The van der Waals surface area contributed by atoms with Crippen LogP contribution in [0, 0.1) is 0 Å². The third kappa shape index (κ3) is 4.19. The van der Waals surface area contributed by atoms with Gasteiger partial charge in [-0.05, 0) is 6.07 Å². The SMILES string of the molecule is NS(=O)(=O)c1cnc(N2CCC(Oc3ccc(C(F)(F)F)cn3)C2)s1. The van der Waals surface area contributed by atoms with E-state index in [1.807, 2.05) is 4.90 Å². The minimum Gasteiger partial charge on any atom is -0.472 e. The Morgan fingerprint density at radius 2 is 2.04 bits per heavy atom. The third-order valence-corrected chi connectivity index (χ3v) is 5.99. The van der Waals surface area contributed by atoms with Gasteiger partial charge in [-0.15, -0.1) is 0 Å². The molecule has 0 aromatic carbocycles. The number of hydrogen-bond acceptors (Lipinski definition) is 7. The number of nitrogens with zero attached hydrogens (tertiary/aromatic N) is 3. The first-order valence-corrected chi connectivity index (χ1v) is 9.43. The molecular formula is C13H13F3N4O3S2. The van der Waals surface area contributed by atoms with E-state index in [0.29, 0.717) is 24.6 Å². The Morgan fingerprint density at radius 1 is 1.28 bits per heavy atom. The summed E-state index contributed by atoms with van der Waals surface area (Å²) in [5, 5.41) is 5.55. The summed E-state index contributed by atoms with van der Waals surface area (Å²) < 4.78 is 65.6. The highest BCUT2D eigenvalue weighted by Crippen LogP contribution is 2.31. The molecule has 0 saturated carbocycles. The molecule has 1 saturated heterocycles. The van der Waals surface area contributed by atoms with Crippen molar-refractivity contribution in [2.24, 2.45) is 5.14 Å². The van der Waals surface area contributed by atoms with Crippen molar-refractivity contribution in [3.63, 3.8) is 0 Å². The summed E-state index contributed by atoms with van der Waals surface area (Å²) in [4.78, 5) is 9.53. The standard InChI is InChI=1S/C13H13F3N4O3S2/c14-13(15,16)8-1-2-10(18-5-8)23-9-3-4-20(7-9)12-19-6-11(24-12)25(17,21)22/h1-2,5-6,9H,3-4,7H2,(H2,17,21,22). The van der Waals surface area contributed by atoms with E-state index in [0.717, 1.165) is 23.6 Å². The van der Waals surface area contributed by atoms with Gasteiger partial charge in [0.2, 0.25) is 15.9 Å². The molecule has 1 fully saturated rings. The molecule has 2 aromatic heterocycles. The van der Waals surface area contributed by atoms with Gasteiger partial charge in [-0.25, -0.2) is 23.5 Å². The lowest BCUT2D eigenvalue weighted by atomic mass is 10.3. The fraction of sp³-hybridized carbons (Fsp3) is 0.385. The second-order valence-electron chi connectivity index (χ2n) is 5.36. The van der Waals surface area contributed by atoms with Gasteiger partial charge in [0.25, 0.3) is 0 Å². The Labute approximate surface area is 145 Å². The molecule has 12 heteroatoms. The molecule has 0 radical (unpaired) electrons. The van der Waals surface area contributed by atoms with Crippen LogP contribution in [-0.2, 0) is 16.2 Å². The first kappa shape index (κ1) is 17.9. The summed E-state index contributed by atoms with van der Waals surface area (Å²) in [5.74, 6) is 0.101. The van der Waals surface area contributed by atoms with Crippen LogP contribution in [0.5, 0.6) is 5.88 Å². The summed E-state index contributed by atoms with van der Waals surface area (Å²) in [6.45, 7) is 0.989. The van der Waals surface area contributed by atoms with Crippen LogP contribution in [0.4, 0.5) is 18.3 Å². The maximum Gasteiger partial charge on any atom is 0.417 e. The number of aromatic nitrogens is 2. The van der Waals surface area contributed by atoms with E-state index >= 15 is 0 Å². The molecule has 1 aliphatic rings. The minimum atomic E-state index is -4.44. The highest BCUT2D eigenvalue weighted by molar-refractivity contribution is 7.91. The lowest BCUT2D eigenvalue weighted by molar-refractivity contribution is -0.137. The maximum absolute atomic E-state index is 12.5. The second-order valence-corrected chi connectivity index (χ2v) is 8.16. The highest BCUT2D eigenvalue weighted by atomic mass is 32.2. The summed E-state index contributed by atoms with van der Waals surface area (Å²) in [6.07, 6.45) is -2.21. The summed E-state index contributed by atoms with van der Waals surface area (Å²) in [6, 6.07) is 2.09. The average Bonchev–Trinajstić information content (AvgIpc) is 3.14. The van der Waals surface area contributed by atoms with Gasteiger partial charge in [0.1, 0.15) is 6.10 Å². The molecule has 2 N–H and O–H groups in total. The number of halogens is 3. The van der Waals surface area contributed by atoms with E-state index in [9.17, 15) is 21.6 Å². The van der Waals surface area contributed by atoms with Crippen molar-refractivity contribution in [3.05, 3.63) is 30.1 Å². The highest BCUT2D eigenvalue weighted by Gasteiger charge is 2.31. The van der Waals surface area contributed by atoms with Crippen LogP contribution < -0.4 is 14.8 Å². The molecule has 25 heavy (non-hydrogen) atoms. The number of pyridine rings is 1. The Hall–Kier alpha value is -1.92. The van der Waals surface area contributed by atoms with E-state index in [-0.39, 0.29) is 16.2 Å². The summed E-state index contributed by atoms with van der Waals surface area (Å²) >= 11 is 0.956.